The van der Waals surface area contributed by atoms with E-state index in [2.05, 4.69) is 80.1 Å². The van der Waals surface area contributed by atoms with Crippen LogP contribution in [0.25, 0.3) is 0 Å². The maximum Gasteiger partial charge on any atom is 1.00 e. The Morgan fingerprint density at radius 2 is 1.11 bits per heavy atom. The van der Waals surface area contributed by atoms with Gasteiger partial charge in [-0.15, -0.1) is 0 Å². The van der Waals surface area contributed by atoms with Crippen LogP contribution in [0.15, 0.2) is 0 Å². The predicted molar refractivity (Wildman–Crippen MR) is 182 cm³/mol. The van der Waals surface area contributed by atoms with Crippen molar-refractivity contribution in [3.63, 3.8) is 0 Å². The summed E-state index contributed by atoms with van der Waals surface area (Å²) in [4.78, 5) is 35.4. The van der Waals surface area contributed by atoms with Crippen LogP contribution in [0, 0.1) is 22.2 Å². The van der Waals surface area contributed by atoms with Crippen LogP contribution in [0.3, 0.4) is 0 Å². The van der Waals surface area contributed by atoms with Crippen molar-refractivity contribution >= 4 is 60.2 Å². The van der Waals surface area contributed by atoms with E-state index in [1.54, 1.807) is 0 Å². The molecule has 0 saturated heterocycles. The van der Waals surface area contributed by atoms with E-state index in [1.165, 1.54) is 41.0 Å². The van der Waals surface area contributed by atoms with E-state index < -0.39 is 21.6 Å². The number of ether oxygens (including phenoxy) is 3. The molecule has 0 aliphatic heterocycles. The molecule has 3 aliphatic rings. The van der Waals surface area contributed by atoms with Gasteiger partial charge in [0.25, 0.3) is 0 Å². The Morgan fingerprint density at radius 3 is 1.26 bits per heavy atom. The van der Waals surface area contributed by atoms with Gasteiger partial charge in [-0.25, -0.2) is 8.42 Å². The topological polar surface area (TPSA) is 137 Å². The number of methoxy groups -OCH3 is 3. The molecule has 272 valence electrons. The van der Waals surface area contributed by atoms with Gasteiger partial charge in [0.05, 0.1) is 58.5 Å². The van der Waals surface area contributed by atoms with E-state index in [0.29, 0.717) is 22.7 Å². The minimum atomic E-state index is -3.19. The Morgan fingerprint density at radius 1 is 0.870 bits per heavy atom. The van der Waals surface area contributed by atoms with Crippen molar-refractivity contribution in [1.82, 2.24) is 4.90 Å². The monoisotopic (exact) mass is 940 g/mol. The second-order valence-electron chi connectivity index (χ2n) is 12.0. The third kappa shape index (κ3) is 23.4. The molecule has 0 spiro atoms. The van der Waals surface area contributed by atoms with Gasteiger partial charge in [0.2, 0.25) is 9.05 Å². The van der Waals surface area contributed by atoms with Crippen molar-refractivity contribution in [2.24, 2.45) is 22.2 Å². The van der Waals surface area contributed by atoms with Gasteiger partial charge < -0.3 is 48.2 Å². The summed E-state index contributed by atoms with van der Waals surface area (Å²) in [6, 6.07) is 0. The summed E-state index contributed by atoms with van der Waals surface area (Å²) in [5, 5.41) is 8.92. The molecule has 1 N–H and O–H groups in total. The van der Waals surface area contributed by atoms with Crippen LogP contribution in [-0.2, 0) is 37.6 Å². The van der Waals surface area contributed by atoms with Crippen molar-refractivity contribution < 1.29 is 101 Å². The zero-order valence-electron chi connectivity index (χ0n) is 30.9. The van der Waals surface area contributed by atoms with E-state index in [1.807, 2.05) is 20.8 Å². The number of halogens is 4. The van der Waals surface area contributed by atoms with E-state index in [0.717, 1.165) is 31.9 Å². The smallest absolute Gasteiger partial charge is 1.00 e. The summed E-state index contributed by atoms with van der Waals surface area (Å²) in [5.41, 5.74) is -0.733. The Labute approximate surface area is 337 Å². The minimum absolute atomic E-state index is 0. The molecule has 3 aliphatic carbocycles. The number of hydrogen-bond acceptors (Lipinski definition) is 10. The van der Waals surface area contributed by atoms with E-state index >= 15 is 0 Å². The van der Waals surface area contributed by atoms with E-state index in [4.69, 9.17) is 6.48 Å². The molecule has 0 unspecified atom stereocenters. The molecule has 0 aromatic heterocycles. The molecule has 0 bridgehead atoms. The predicted octanol–water partition coefficient (Wildman–Crippen LogP) is -0.194. The van der Waals surface area contributed by atoms with Gasteiger partial charge in [-0.2, -0.15) is 0 Å². The van der Waals surface area contributed by atoms with Gasteiger partial charge in [-0.3, -0.25) is 18.8 Å². The number of alkyl halides is 2. The molecule has 0 amide bonds. The van der Waals surface area contributed by atoms with Crippen LogP contribution < -0.4 is 53.5 Å². The molecule has 16 heteroatoms. The van der Waals surface area contributed by atoms with Crippen molar-refractivity contribution in [1.29, 1.82) is 0 Å². The van der Waals surface area contributed by atoms with Crippen LogP contribution in [0.1, 0.15) is 88.4 Å². The molecule has 46 heavy (non-hydrogen) atoms. The fourth-order valence-electron chi connectivity index (χ4n) is 5.29. The number of aliphatic hydroxyl groups excluding tert-OH is 1. The standard InChI is InChI=1S/C8H14O2.C7H11IO2.C7H12O3.C6H15N.CH3ClO2S.CH3F.HI.Na/c1-6-4-8(2,5-6)7(9)10-3;2*1-7(6(9)10-2)3-5(8)4-7;1-4-7(5-2)6-3;1-5(2,3)4;1-2;;/h6H,4-5H2,1-3H3;5H,3-4H2,1-2H3;5,8H,3-4H2,1-2H3;4-6H2,1-3H3;1H3;1H3;1H;/q;;;;;;;+1/p-1/i;;;;;1D;;. The molecular formula is C30H58ClFI2NNaO9S. The van der Waals surface area contributed by atoms with Crippen LogP contribution in [0.5, 0.6) is 0 Å². The number of carbonyl (C=O) groups excluding carboxylic acids is 3. The second kappa shape index (κ2) is 27.7. The zero-order valence-corrected chi connectivity index (χ0v) is 37.8. The normalized spacial score (nSPS) is 28.3. The summed E-state index contributed by atoms with van der Waals surface area (Å²) < 4.78 is 48.8. The minimum Gasteiger partial charge on any atom is -1.00 e. The van der Waals surface area contributed by atoms with Crippen LogP contribution in [0.4, 0.5) is 4.39 Å². The van der Waals surface area contributed by atoms with Crippen molar-refractivity contribution in [3.8, 4) is 0 Å². The molecule has 3 saturated carbocycles. The van der Waals surface area contributed by atoms with Gasteiger partial charge in [-0.05, 0) is 84.8 Å². The third-order valence-electron chi connectivity index (χ3n) is 7.69. The second-order valence-corrected chi connectivity index (χ2v) is 16.8. The molecule has 10 nitrogen and oxygen atoms in total. The number of aliphatic hydroxyl groups is 1. The largest absolute Gasteiger partial charge is 1.00 e. The first-order valence-electron chi connectivity index (χ1n) is 15.3. The average molecular weight is 941 g/mol. The third-order valence-corrected chi connectivity index (χ3v) is 8.57. The van der Waals surface area contributed by atoms with Crippen LogP contribution >= 0.6 is 33.3 Å². The molecule has 0 aromatic carbocycles. The molecule has 0 radical (unpaired) electrons. The first-order chi connectivity index (χ1) is 20.5. The quantitative estimate of drug-likeness (QED) is 0.0955. The summed E-state index contributed by atoms with van der Waals surface area (Å²) in [7, 11) is 4.59. The maximum atomic E-state index is 11.0. The SMILES string of the molecule is CCN(CC)CC.COC(=O)C1(C)CC(C)C1.COC(=O)C1(C)CC(I)C1.COC(=O)C1(C)CC(O)C1.CS(=O)(=O)Cl.[2H]CF.[I-].[Na+]. The summed E-state index contributed by atoms with van der Waals surface area (Å²) in [5.74, 6) is 0.382. The van der Waals surface area contributed by atoms with Crippen LogP contribution in [-0.4, -0.2) is 101 Å². The fraction of sp³-hybridized carbons (Fsp3) is 0.900. The molecular weight excluding hydrogens is 882 g/mol. The molecule has 3 fully saturated rings. The van der Waals surface area contributed by atoms with Crippen molar-refractivity contribution in [2.45, 2.75) is 97.0 Å². The Hall–Kier alpha value is 0.960. The van der Waals surface area contributed by atoms with Gasteiger partial charge >= 0.3 is 47.5 Å². The molecule has 0 atom stereocenters. The van der Waals surface area contributed by atoms with Gasteiger partial charge in [0.1, 0.15) is 0 Å². The number of nitrogens with zero attached hydrogens (tertiary/aromatic N) is 1. The number of carbonyl (C=O) groups is 3. The Kier molecular flexibility index (Phi) is 32.3. The van der Waals surface area contributed by atoms with Gasteiger partial charge in [-0.1, -0.05) is 50.3 Å². The summed E-state index contributed by atoms with van der Waals surface area (Å²) in [6.07, 6.45) is 5.62. The number of hydrogen-bond donors (Lipinski definition) is 1. The molecule has 0 aromatic rings. The van der Waals surface area contributed by atoms with Crippen molar-refractivity contribution in [2.75, 3.05) is 54.4 Å². The first kappa shape index (κ1) is 53.7. The molecule has 3 rings (SSSR count). The molecule has 0 heterocycles. The van der Waals surface area contributed by atoms with E-state index in [-0.39, 0.29) is 88.4 Å². The zero-order chi connectivity index (χ0) is 36.2. The van der Waals surface area contributed by atoms with Gasteiger partial charge in [0, 0.05) is 14.6 Å². The maximum absolute atomic E-state index is 11.0. The Bertz CT molecular complexity index is 868. The Balaban J connectivity index is -0.000000154. The summed E-state index contributed by atoms with van der Waals surface area (Å²) in [6.45, 7) is 18.0. The van der Waals surface area contributed by atoms with Crippen LogP contribution in [0.2, 0.25) is 0 Å². The van der Waals surface area contributed by atoms with E-state index in [9.17, 15) is 27.2 Å². The van der Waals surface area contributed by atoms with Gasteiger partial charge in [0.15, 0.2) is 0 Å². The van der Waals surface area contributed by atoms with Crippen molar-refractivity contribution in [3.05, 3.63) is 0 Å². The number of esters is 3. The average Bonchev–Trinajstić information content (AvgIpc) is 2.90. The summed E-state index contributed by atoms with van der Waals surface area (Å²) >= 11 is 2.36. The number of rotatable bonds is 6. The first-order valence-corrected chi connectivity index (χ1v) is 18.5. The fourth-order valence-corrected chi connectivity index (χ4v) is 7.23.